The highest BCUT2D eigenvalue weighted by Gasteiger charge is 2.40. The van der Waals surface area contributed by atoms with Gasteiger partial charge in [-0.15, -0.1) is 0 Å². The van der Waals surface area contributed by atoms with E-state index in [0.29, 0.717) is 37.7 Å². The van der Waals surface area contributed by atoms with Crippen LogP contribution < -0.4 is 0 Å². The molecule has 0 aromatic rings. The zero-order chi connectivity index (χ0) is 25.2. The van der Waals surface area contributed by atoms with Crippen molar-refractivity contribution in [1.82, 2.24) is 14.7 Å². The first kappa shape index (κ1) is 26.3. The lowest BCUT2D eigenvalue weighted by atomic mass is 9.90. The number of halogens is 3. The molecule has 3 fully saturated rings. The van der Waals surface area contributed by atoms with Crippen LogP contribution in [0.15, 0.2) is 35.6 Å². The first-order chi connectivity index (χ1) is 16.7. The second-order valence-corrected chi connectivity index (χ2v) is 10.8. The van der Waals surface area contributed by atoms with Crippen LogP contribution in [0.2, 0.25) is 0 Å². The van der Waals surface area contributed by atoms with Gasteiger partial charge in [0.15, 0.2) is 0 Å². The summed E-state index contributed by atoms with van der Waals surface area (Å²) in [6.45, 7) is 10.8. The molecule has 0 aromatic heterocycles. The Morgan fingerprint density at radius 2 is 1.86 bits per heavy atom. The van der Waals surface area contributed by atoms with Gasteiger partial charge in [0.25, 0.3) is 0 Å². The van der Waals surface area contributed by atoms with Crippen LogP contribution >= 0.6 is 0 Å². The largest absolute Gasteiger partial charge is 0.481 e. The first-order valence-electron chi connectivity index (χ1n) is 13.3. The number of likely N-dealkylation sites (tertiary alicyclic amines) is 3. The Balaban J connectivity index is 1.46. The molecule has 0 spiro atoms. The summed E-state index contributed by atoms with van der Waals surface area (Å²) in [5, 5.41) is 9.35. The molecule has 0 bridgehead atoms. The van der Waals surface area contributed by atoms with Crippen LogP contribution in [-0.4, -0.2) is 83.8 Å². The van der Waals surface area contributed by atoms with E-state index in [-0.39, 0.29) is 5.92 Å². The maximum absolute atomic E-state index is 13.7. The molecule has 4 atom stereocenters. The van der Waals surface area contributed by atoms with Crippen LogP contribution in [0.3, 0.4) is 0 Å². The van der Waals surface area contributed by atoms with E-state index in [0.717, 1.165) is 37.5 Å². The highest BCUT2D eigenvalue weighted by atomic mass is 19.4. The summed E-state index contributed by atoms with van der Waals surface area (Å²) in [7, 11) is 0. The van der Waals surface area contributed by atoms with Crippen molar-refractivity contribution >= 4 is 5.97 Å². The minimum absolute atomic E-state index is 0.188. The topological polar surface area (TPSA) is 47.0 Å². The highest BCUT2D eigenvalue weighted by Crippen LogP contribution is 2.39. The number of piperidine rings is 1. The number of carbonyl (C=O) groups is 1. The van der Waals surface area contributed by atoms with Gasteiger partial charge in [0.2, 0.25) is 0 Å². The quantitative estimate of drug-likeness (QED) is 0.551. The lowest BCUT2D eigenvalue weighted by Gasteiger charge is -2.36. The predicted octanol–water partition coefficient (Wildman–Crippen LogP) is 4.78. The lowest BCUT2D eigenvalue weighted by Crippen LogP contribution is -2.38. The fraction of sp³-hybridized carbons (Fsp3) is 0.741. The molecular formula is C27H40F3N3O2. The van der Waals surface area contributed by atoms with E-state index in [1.165, 1.54) is 38.1 Å². The summed E-state index contributed by atoms with van der Waals surface area (Å²) < 4.78 is 41.2. The molecule has 4 unspecified atom stereocenters. The van der Waals surface area contributed by atoms with Crippen molar-refractivity contribution in [2.75, 3.05) is 45.8 Å². The molecule has 3 saturated heterocycles. The smallest absolute Gasteiger partial charge is 0.398 e. The molecule has 0 radical (unpaired) electrons. The summed E-state index contributed by atoms with van der Waals surface area (Å²) in [6.07, 6.45) is 6.03. The number of carboxylic acids is 1. The predicted molar refractivity (Wildman–Crippen MR) is 131 cm³/mol. The fourth-order valence-electron chi connectivity index (χ4n) is 6.36. The average molecular weight is 496 g/mol. The zero-order valence-corrected chi connectivity index (χ0v) is 21.0. The van der Waals surface area contributed by atoms with Crippen LogP contribution in [0.4, 0.5) is 13.2 Å². The van der Waals surface area contributed by atoms with E-state index < -0.39 is 24.0 Å². The number of hydrogen-bond donors (Lipinski definition) is 1. The van der Waals surface area contributed by atoms with E-state index in [9.17, 15) is 23.1 Å². The minimum atomic E-state index is -4.34. The van der Waals surface area contributed by atoms with Gasteiger partial charge < -0.3 is 19.8 Å². The summed E-state index contributed by atoms with van der Waals surface area (Å²) >= 11 is 0. The summed E-state index contributed by atoms with van der Waals surface area (Å²) in [5.74, 6) is -1.93. The molecule has 3 heterocycles. The number of aliphatic carboxylic acids is 1. The molecule has 3 aliphatic heterocycles. The SMILES string of the molecule is CCN1CCC(CC(C)N2CCC(C3=CC=CC(C(F)(F)F)C=C3N3CCC(C(=O)O)CC3)C2)C1. The number of allylic oxidation sites excluding steroid dienone is 5. The minimum Gasteiger partial charge on any atom is -0.481 e. The van der Waals surface area contributed by atoms with Crippen molar-refractivity contribution in [1.29, 1.82) is 0 Å². The Morgan fingerprint density at radius 3 is 2.49 bits per heavy atom. The molecule has 0 aromatic carbocycles. The monoisotopic (exact) mass is 495 g/mol. The van der Waals surface area contributed by atoms with Crippen molar-refractivity contribution in [3.05, 3.63) is 35.6 Å². The van der Waals surface area contributed by atoms with Crippen LogP contribution in [0.1, 0.15) is 46.0 Å². The summed E-state index contributed by atoms with van der Waals surface area (Å²) in [4.78, 5) is 18.4. The van der Waals surface area contributed by atoms with Crippen molar-refractivity contribution in [3.8, 4) is 0 Å². The van der Waals surface area contributed by atoms with Gasteiger partial charge in [0.1, 0.15) is 0 Å². The Labute approximate surface area is 207 Å². The van der Waals surface area contributed by atoms with Gasteiger partial charge >= 0.3 is 12.1 Å². The second kappa shape index (κ2) is 11.1. The number of nitrogens with zero attached hydrogens (tertiary/aromatic N) is 3. The van der Waals surface area contributed by atoms with Crippen LogP contribution in [0.25, 0.3) is 0 Å². The van der Waals surface area contributed by atoms with E-state index in [1.807, 2.05) is 11.0 Å². The van der Waals surface area contributed by atoms with Crippen molar-refractivity contribution in [2.24, 2.45) is 23.7 Å². The van der Waals surface area contributed by atoms with E-state index >= 15 is 0 Å². The van der Waals surface area contributed by atoms with Crippen LogP contribution in [-0.2, 0) is 4.79 Å². The molecule has 4 rings (SSSR count). The Bertz CT molecular complexity index is 845. The number of alkyl halides is 3. The third kappa shape index (κ3) is 6.31. The van der Waals surface area contributed by atoms with Gasteiger partial charge in [-0.2, -0.15) is 13.2 Å². The molecule has 8 heteroatoms. The maximum Gasteiger partial charge on any atom is 0.398 e. The third-order valence-corrected chi connectivity index (χ3v) is 8.56. The number of carboxylic acid groups (broad SMARTS) is 1. The standard InChI is InChI=1S/C27H40F3N3O2/c1-3-31-11-7-20(17-31)15-19(2)33-14-10-22(18-33)24-6-4-5-23(27(28,29)30)16-25(24)32-12-8-21(9-13-32)26(34)35/h4-6,16,19-23H,3,7-15,17-18H2,1-2H3,(H,34,35). The van der Waals surface area contributed by atoms with Gasteiger partial charge in [0, 0.05) is 37.9 Å². The van der Waals surface area contributed by atoms with Gasteiger partial charge in [-0.3, -0.25) is 4.79 Å². The number of rotatable bonds is 7. The fourth-order valence-corrected chi connectivity index (χ4v) is 6.36. The molecule has 0 saturated carbocycles. The van der Waals surface area contributed by atoms with Crippen molar-refractivity contribution in [2.45, 2.75) is 58.2 Å². The van der Waals surface area contributed by atoms with Crippen LogP contribution in [0, 0.1) is 23.7 Å². The third-order valence-electron chi connectivity index (χ3n) is 8.56. The normalized spacial score (nSPS) is 30.3. The van der Waals surface area contributed by atoms with Gasteiger partial charge in [-0.05, 0) is 82.1 Å². The molecule has 5 nitrogen and oxygen atoms in total. The maximum atomic E-state index is 13.7. The molecule has 196 valence electrons. The highest BCUT2D eigenvalue weighted by molar-refractivity contribution is 5.70. The van der Waals surface area contributed by atoms with Gasteiger partial charge in [0.05, 0.1) is 11.8 Å². The second-order valence-electron chi connectivity index (χ2n) is 10.8. The molecule has 35 heavy (non-hydrogen) atoms. The number of hydrogen-bond acceptors (Lipinski definition) is 4. The lowest BCUT2D eigenvalue weighted by molar-refractivity contribution is -0.149. The molecule has 1 aliphatic carbocycles. The average Bonchev–Trinajstić information content (AvgIpc) is 3.43. The first-order valence-corrected chi connectivity index (χ1v) is 13.3. The van der Waals surface area contributed by atoms with E-state index in [2.05, 4.69) is 23.6 Å². The summed E-state index contributed by atoms with van der Waals surface area (Å²) in [6, 6.07) is 0.463. The van der Waals surface area contributed by atoms with Crippen molar-refractivity contribution < 1.29 is 23.1 Å². The molecule has 4 aliphatic rings. The molecular weight excluding hydrogens is 455 g/mol. The van der Waals surface area contributed by atoms with Gasteiger partial charge in [-0.1, -0.05) is 25.2 Å². The van der Waals surface area contributed by atoms with Crippen molar-refractivity contribution in [3.63, 3.8) is 0 Å². The Kier molecular flexibility index (Phi) is 8.31. The van der Waals surface area contributed by atoms with Gasteiger partial charge in [-0.25, -0.2) is 0 Å². The Hall–Kier alpha value is -1.80. The zero-order valence-electron chi connectivity index (χ0n) is 21.0. The summed E-state index contributed by atoms with van der Waals surface area (Å²) in [5.41, 5.74) is 1.64. The molecule has 0 amide bonds. The molecule has 1 N–H and O–H groups in total. The van der Waals surface area contributed by atoms with E-state index in [1.54, 1.807) is 6.08 Å². The van der Waals surface area contributed by atoms with Crippen LogP contribution in [0.5, 0.6) is 0 Å². The Morgan fingerprint density at radius 1 is 1.11 bits per heavy atom. The van der Waals surface area contributed by atoms with E-state index in [4.69, 9.17) is 0 Å².